The van der Waals surface area contributed by atoms with Gasteiger partial charge in [0.05, 0.1) is 5.75 Å². The highest BCUT2D eigenvalue weighted by Crippen LogP contribution is 2.15. The van der Waals surface area contributed by atoms with Crippen molar-refractivity contribution in [1.82, 2.24) is 24.9 Å². The first-order valence-electron chi connectivity index (χ1n) is 6.49. The lowest BCUT2D eigenvalue weighted by atomic mass is 10.2. The van der Waals surface area contributed by atoms with E-state index in [1.807, 2.05) is 0 Å². The molecule has 1 aromatic heterocycles. The van der Waals surface area contributed by atoms with E-state index in [9.17, 15) is 18.3 Å². The van der Waals surface area contributed by atoms with Gasteiger partial charge < -0.3 is 5.11 Å². The van der Waals surface area contributed by atoms with Crippen molar-refractivity contribution < 1.29 is 18.3 Å². The zero-order chi connectivity index (χ0) is 16.9. The Bertz CT molecular complexity index is 763. The van der Waals surface area contributed by atoms with E-state index < -0.39 is 22.0 Å². The minimum absolute atomic E-state index is 0.0302. The highest BCUT2D eigenvalue weighted by Gasteiger charge is 2.25. The Labute approximate surface area is 137 Å². The van der Waals surface area contributed by atoms with Gasteiger partial charge in [-0.15, -0.1) is 5.10 Å². The van der Waals surface area contributed by atoms with Crippen LogP contribution in [0.1, 0.15) is 5.56 Å². The third-order valence-electron chi connectivity index (χ3n) is 2.78. The van der Waals surface area contributed by atoms with Gasteiger partial charge >= 0.3 is 5.97 Å². The zero-order valence-corrected chi connectivity index (χ0v) is 13.8. The van der Waals surface area contributed by atoms with Crippen LogP contribution in [0.5, 0.6) is 0 Å². The van der Waals surface area contributed by atoms with E-state index in [1.54, 1.807) is 37.4 Å². The Hall–Kier alpha value is -1.98. The number of aryl methyl sites for hydroxylation is 1. The highest BCUT2D eigenvalue weighted by molar-refractivity contribution is 7.99. The van der Waals surface area contributed by atoms with Crippen LogP contribution in [0, 0.1) is 0 Å². The molecule has 0 unspecified atom stereocenters. The van der Waals surface area contributed by atoms with Gasteiger partial charge in [-0.2, -0.15) is 4.72 Å². The van der Waals surface area contributed by atoms with Crippen LogP contribution in [0.25, 0.3) is 0 Å². The maximum absolute atomic E-state index is 12.1. The molecule has 1 aromatic carbocycles. The number of carbonyl (C=O) groups is 1. The summed E-state index contributed by atoms with van der Waals surface area (Å²) in [7, 11) is -2.17. The quantitative estimate of drug-likeness (QED) is 0.626. The van der Waals surface area contributed by atoms with Gasteiger partial charge in [-0.25, -0.2) is 13.1 Å². The summed E-state index contributed by atoms with van der Waals surface area (Å²) in [5.41, 5.74) is 0.578. The number of sulfonamides is 1. The van der Waals surface area contributed by atoms with E-state index in [-0.39, 0.29) is 11.5 Å². The first kappa shape index (κ1) is 17.4. The largest absolute Gasteiger partial charge is 0.480 e. The van der Waals surface area contributed by atoms with E-state index in [1.165, 1.54) is 4.68 Å². The van der Waals surface area contributed by atoms with Crippen LogP contribution >= 0.6 is 11.8 Å². The monoisotopic (exact) mass is 357 g/mol. The molecule has 0 aliphatic carbocycles. The fourth-order valence-electron chi connectivity index (χ4n) is 1.71. The second kappa shape index (κ2) is 7.53. The van der Waals surface area contributed by atoms with E-state index in [4.69, 9.17) is 0 Å². The van der Waals surface area contributed by atoms with Gasteiger partial charge in [0.15, 0.2) is 0 Å². The average molecular weight is 357 g/mol. The topological polar surface area (TPSA) is 127 Å². The third-order valence-corrected chi connectivity index (χ3v) is 5.24. The van der Waals surface area contributed by atoms with Crippen molar-refractivity contribution >= 4 is 27.8 Å². The molecule has 0 aliphatic heterocycles. The summed E-state index contributed by atoms with van der Waals surface area (Å²) in [6, 6.07) is 7.26. The molecule has 0 saturated carbocycles. The minimum atomic E-state index is -3.78. The number of carboxylic acids is 1. The van der Waals surface area contributed by atoms with Crippen LogP contribution < -0.4 is 4.72 Å². The number of nitrogens with zero attached hydrogens (tertiary/aromatic N) is 4. The predicted molar refractivity (Wildman–Crippen MR) is 83.1 cm³/mol. The van der Waals surface area contributed by atoms with Crippen molar-refractivity contribution in [3.05, 3.63) is 35.9 Å². The van der Waals surface area contributed by atoms with E-state index in [0.717, 1.165) is 11.8 Å². The molecule has 0 saturated heterocycles. The van der Waals surface area contributed by atoms with Crippen molar-refractivity contribution in [2.75, 3.05) is 5.75 Å². The predicted octanol–water partition coefficient (Wildman–Crippen LogP) is -0.125. The van der Waals surface area contributed by atoms with Gasteiger partial charge in [0, 0.05) is 12.8 Å². The van der Waals surface area contributed by atoms with Crippen molar-refractivity contribution in [3.8, 4) is 0 Å². The third kappa shape index (κ3) is 5.30. The lowest BCUT2D eigenvalue weighted by Crippen LogP contribution is -2.43. The highest BCUT2D eigenvalue weighted by atomic mass is 32.2. The zero-order valence-electron chi connectivity index (χ0n) is 12.2. The minimum Gasteiger partial charge on any atom is -0.480 e. The summed E-state index contributed by atoms with van der Waals surface area (Å²) in [4.78, 5) is 11.3. The second-order valence-corrected chi connectivity index (χ2v) is 7.39. The normalized spacial score (nSPS) is 12.9. The van der Waals surface area contributed by atoms with Crippen molar-refractivity contribution in [3.63, 3.8) is 0 Å². The Morgan fingerprint density at radius 1 is 1.39 bits per heavy atom. The number of hydrogen-bond donors (Lipinski definition) is 2. The lowest BCUT2D eigenvalue weighted by molar-refractivity contribution is -0.138. The molecular weight excluding hydrogens is 342 g/mol. The first-order chi connectivity index (χ1) is 10.9. The summed E-state index contributed by atoms with van der Waals surface area (Å²) in [6.45, 7) is 0. The summed E-state index contributed by atoms with van der Waals surface area (Å²) >= 11 is 1.06. The fourth-order valence-corrected chi connectivity index (χ4v) is 4.01. The average Bonchev–Trinajstić information content (AvgIpc) is 2.89. The van der Waals surface area contributed by atoms with E-state index in [0.29, 0.717) is 10.7 Å². The van der Waals surface area contributed by atoms with Gasteiger partial charge in [-0.3, -0.25) is 4.79 Å². The summed E-state index contributed by atoms with van der Waals surface area (Å²) in [5.74, 6) is -1.57. The standard InChI is InChI=1S/C12H15N5O4S2/c1-17-12(13-15-16-17)22-7-10(11(18)19)14-23(20,21)8-9-5-3-2-4-6-9/h2-6,10,14H,7-8H2,1H3,(H,18,19)/t10-/m0/s1. The van der Waals surface area contributed by atoms with Crippen LogP contribution in [0.3, 0.4) is 0 Å². The number of hydrogen-bond acceptors (Lipinski definition) is 7. The molecule has 124 valence electrons. The van der Waals surface area contributed by atoms with Crippen molar-refractivity contribution in [1.29, 1.82) is 0 Å². The smallest absolute Gasteiger partial charge is 0.322 e. The summed E-state index contributed by atoms with van der Waals surface area (Å²) < 4.78 is 27.8. The SMILES string of the molecule is Cn1nnnc1SC[C@H](NS(=O)(=O)Cc1ccccc1)C(=O)O. The number of nitrogens with one attached hydrogen (secondary N) is 1. The van der Waals surface area contributed by atoms with Crippen LogP contribution in [0.2, 0.25) is 0 Å². The molecule has 9 nitrogen and oxygen atoms in total. The Morgan fingerprint density at radius 3 is 2.65 bits per heavy atom. The molecule has 0 bridgehead atoms. The number of rotatable bonds is 8. The summed E-state index contributed by atoms with van der Waals surface area (Å²) in [5, 5.41) is 20.4. The number of tetrazole rings is 1. The molecule has 0 fully saturated rings. The molecule has 1 atom stereocenters. The number of thioether (sulfide) groups is 1. The molecule has 0 radical (unpaired) electrons. The summed E-state index contributed by atoms with van der Waals surface area (Å²) in [6.07, 6.45) is 0. The molecule has 11 heteroatoms. The number of aromatic nitrogens is 4. The molecule has 0 spiro atoms. The molecule has 2 N–H and O–H groups in total. The Morgan fingerprint density at radius 2 is 2.09 bits per heavy atom. The fraction of sp³-hybridized carbons (Fsp3) is 0.333. The van der Waals surface area contributed by atoms with E-state index in [2.05, 4.69) is 20.2 Å². The molecule has 23 heavy (non-hydrogen) atoms. The first-order valence-corrected chi connectivity index (χ1v) is 9.13. The molecule has 2 aromatic rings. The number of carboxylic acid groups (broad SMARTS) is 1. The second-order valence-electron chi connectivity index (χ2n) is 4.65. The van der Waals surface area contributed by atoms with Gasteiger partial charge in [-0.05, 0) is 16.0 Å². The maximum Gasteiger partial charge on any atom is 0.322 e. The number of aliphatic carboxylic acids is 1. The molecule has 1 heterocycles. The van der Waals surface area contributed by atoms with Gasteiger partial charge in [0.1, 0.15) is 6.04 Å². The van der Waals surface area contributed by atoms with Crippen LogP contribution in [0.4, 0.5) is 0 Å². The van der Waals surface area contributed by atoms with Crippen LogP contribution in [-0.4, -0.2) is 51.5 Å². The van der Waals surface area contributed by atoms with Crippen molar-refractivity contribution in [2.24, 2.45) is 7.05 Å². The van der Waals surface area contributed by atoms with E-state index >= 15 is 0 Å². The van der Waals surface area contributed by atoms with Gasteiger partial charge in [-0.1, -0.05) is 42.1 Å². The van der Waals surface area contributed by atoms with Crippen molar-refractivity contribution in [2.45, 2.75) is 17.0 Å². The lowest BCUT2D eigenvalue weighted by Gasteiger charge is -2.14. The maximum atomic E-state index is 12.1. The van der Waals surface area contributed by atoms with Gasteiger partial charge in [0.25, 0.3) is 0 Å². The van der Waals surface area contributed by atoms with Crippen LogP contribution in [-0.2, 0) is 27.6 Å². The molecule has 0 aliphatic rings. The molecule has 2 rings (SSSR count). The van der Waals surface area contributed by atoms with Gasteiger partial charge in [0.2, 0.25) is 15.2 Å². The molecule has 0 amide bonds. The van der Waals surface area contributed by atoms with Crippen LogP contribution in [0.15, 0.2) is 35.5 Å². The molecular formula is C12H15N5O4S2. The number of benzene rings is 1. The Balaban J connectivity index is 2.00. The Kier molecular flexibility index (Phi) is 5.69.